The Hall–Kier alpha value is -0.830. The van der Waals surface area contributed by atoms with E-state index in [2.05, 4.69) is 50.5 Å². The molecule has 0 radical (unpaired) electrons. The number of amides is 1. The van der Waals surface area contributed by atoms with Gasteiger partial charge in [-0.25, -0.2) is 0 Å². The molecule has 120 valence electrons. The minimum Gasteiger partial charge on any atom is -0.342 e. The summed E-state index contributed by atoms with van der Waals surface area (Å²) in [6.07, 6.45) is 4.53. The maximum atomic E-state index is 12.8. The SMILES string of the molecule is CCN1CCC(N(C)C(=O)C2C(C=C(C)C)C2(C)C)CC1. The number of nitrogens with zero attached hydrogens (tertiary/aromatic N) is 2. The van der Waals surface area contributed by atoms with E-state index in [1.54, 1.807) is 0 Å². The van der Waals surface area contributed by atoms with Crippen LogP contribution in [-0.2, 0) is 4.79 Å². The zero-order valence-electron chi connectivity index (χ0n) is 14.6. The first-order valence-electron chi connectivity index (χ1n) is 8.43. The molecular weight excluding hydrogens is 260 g/mol. The highest BCUT2D eigenvalue weighted by atomic mass is 16.2. The fourth-order valence-corrected chi connectivity index (χ4v) is 3.84. The van der Waals surface area contributed by atoms with Crippen LogP contribution in [0.1, 0.15) is 47.5 Å². The molecule has 1 saturated heterocycles. The van der Waals surface area contributed by atoms with Crippen LogP contribution in [0.5, 0.6) is 0 Å². The molecule has 0 aromatic rings. The summed E-state index contributed by atoms with van der Waals surface area (Å²) in [5.41, 5.74) is 1.45. The average molecular weight is 292 g/mol. The number of likely N-dealkylation sites (tertiary alicyclic amines) is 1. The van der Waals surface area contributed by atoms with Gasteiger partial charge < -0.3 is 9.80 Å². The molecule has 1 aliphatic heterocycles. The molecular formula is C18H32N2O. The monoisotopic (exact) mass is 292 g/mol. The topological polar surface area (TPSA) is 23.6 Å². The number of carbonyl (C=O) groups excluding carboxylic acids is 1. The fourth-order valence-electron chi connectivity index (χ4n) is 3.84. The zero-order chi connectivity index (χ0) is 15.8. The number of piperidine rings is 1. The molecule has 0 spiro atoms. The molecule has 0 aromatic carbocycles. The summed E-state index contributed by atoms with van der Waals surface area (Å²) in [6.45, 7) is 14.3. The Morgan fingerprint density at radius 3 is 2.33 bits per heavy atom. The van der Waals surface area contributed by atoms with E-state index in [4.69, 9.17) is 0 Å². The Kier molecular flexibility index (Phi) is 4.82. The van der Waals surface area contributed by atoms with Gasteiger partial charge in [0.25, 0.3) is 0 Å². The van der Waals surface area contributed by atoms with Gasteiger partial charge in [0, 0.05) is 26.2 Å². The molecule has 2 atom stereocenters. The van der Waals surface area contributed by atoms with E-state index in [1.807, 2.05) is 7.05 Å². The van der Waals surface area contributed by atoms with E-state index in [-0.39, 0.29) is 11.3 Å². The van der Waals surface area contributed by atoms with Crippen LogP contribution in [0.3, 0.4) is 0 Å². The van der Waals surface area contributed by atoms with Crippen LogP contribution in [0.2, 0.25) is 0 Å². The molecule has 2 rings (SSSR count). The van der Waals surface area contributed by atoms with Crippen molar-refractivity contribution < 1.29 is 4.79 Å². The van der Waals surface area contributed by atoms with E-state index < -0.39 is 0 Å². The third kappa shape index (κ3) is 3.33. The number of hydrogen-bond acceptors (Lipinski definition) is 2. The second-order valence-electron chi connectivity index (χ2n) is 7.68. The number of allylic oxidation sites excluding steroid dienone is 2. The minimum absolute atomic E-state index is 0.132. The molecule has 0 N–H and O–H groups in total. The lowest BCUT2D eigenvalue weighted by Crippen LogP contribution is -2.46. The van der Waals surface area contributed by atoms with Gasteiger partial charge in [0.15, 0.2) is 0 Å². The van der Waals surface area contributed by atoms with E-state index in [1.165, 1.54) is 5.57 Å². The lowest BCUT2D eigenvalue weighted by atomic mass is 10.0. The normalized spacial score (nSPS) is 29.0. The molecule has 2 aliphatic rings. The van der Waals surface area contributed by atoms with Crippen molar-refractivity contribution >= 4 is 5.91 Å². The summed E-state index contributed by atoms with van der Waals surface area (Å²) < 4.78 is 0. The van der Waals surface area contributed by atoms with Gasteiger partial charge >= 0.3 is 0 Å². The highest BCUT2D eigenvalue weighted by Crippen LogP contribution is 2.60. The van der Waals surface area contributed by atoms with Crippen molar-refractivity contribution in [1.29, 1.82) is 0 Å². The summed E-state index contributed by atoms with van der Waals surface area (Å²) >= 11 is 0. The van der Waals surface area contributed by atoms with Gasteiger partial charge in [0.2, 0.25) is 5.91 Å². The lowest BCUT2D eigenvalue weighted by molar-refractivity contribution is -0.135. The standard InChI is InChI=1S/C18H32N2O/c1-7-20-10-8-14(9-11-20)19(6)17(21)16-15(12-13(2)3)18(16,4)5/h12,14-16H,7-11H2,1-6H3. The first kappa shape index (κ1) is 16.5. The molecule has 0 aromatic heterocycles. The summed E-state index contributed by atoms with van der Waals surface area (Å²) in [5, 5.41) is 0. The predicted octanol–water partition coefficient (Wildman–Crippen LogP) is 3.17. The van der Waals surface area contributed by atoms with Crippen LogP contribution in [0.4, 0.5) is 0 Å². The lowest BCUT2D eigenvalue weighted by Gasteiger charge is -2.36. The second kappa shape index (κ2) is 6.12. The van der Waals surface area contributed by atoms with Crippen molar-refractivity contribution in [3.8, 4) is 0 Å². The quantitative estimate of drug-likeness (QED) is 0.743. The van der Waals surface area contributed by atoms with Gasteiger partial charge in [-0.2, -0.15) is 0 Å². The highest BCUT2D eigenvalue weighted by molar-refractivity contribution is 5.84. The molecule has 1 saturated carbocycles. The Bertz CT molecular complexity index is 415. The second-order valence-corrected chi connectivity index (χ2v) is 7.68. The van der Waals surface area contributed by atoms with Crippen molar-refractivity contribution in [1.82, 2.24) is 9.80 Å². The third-order valence-electron chi connectivity index (χ3n) is 5.59. The Labute approximate surface area is 130 Å². The maximum Gasteiger partial charge on any atom is 0.226 e. The van der Waals surface area contributed by atoms with Gasteiger partial charge in [0.1, 0.15) is 0 Å². The molecule has 0 bridgehead atoms. The molecule has 3 heteroatoms. The minimum atomic E-state index is 0.132. The van der Waals surface area contributed by atoms with E-state index in [0.717, 1.165) is 32.5 Å². The summed E-state index contributed by atoms with van der Waals surface area (Å²) in [6, 6.07) is 0.434. The van der Waals surface area contributed by atoms with Gasteiger partial charge in [0.05, 0.1) is 5.92 Å². The molecule has 2 fully saturated rings. The smallest absolute Gasteiger partial charge is 0.226 e. The molecule has 21 heavy (non-hydrogen) atoms. The van der Waals surface area contributed by atoms with Crippen LogP contribution in [0, 0.1) is 17.3 Å². The number of rotatable bonds is 4. The van der Waals surface area contributed by atoms with Gasteiger partial charge in [-0.05, 0) is 44.6 Å². The predicted molar refractivity (Wildman–Crippen MR) is 88.1 cm³/mol. The Morgan fingerprint density at radius 1 is 1.29 bits per heavy atom. The molecule has 3 nitrogen and oxygen atoms in total. The van der Waals surface area contributed by atoms with Crippen LogP contribution in [-0.4, -0.2) is 48.4 Å². The van der Waals surface area contributed by atoms with E-state index in [0.29, 0.717) is 17.9 Å². The highest BCUT2D eigenvalue weighted by Gasteiger charge is 2.61. The van der Waals surface area contributed by atoms with Crippen molar-refractivity contribution in [3.63, 3.8) is 0 Å². The van der Waals surface area contributed by atoms with Crippen LogP contribution in [0.15, 0.2) is 11.6 Å². The van der Waals surface area contributed by atoms with Crippen molar-refractivity contribution in [2.75, 3.05) is 26.7 Å². The van der Waals surface area contributed by atoms with Crippen molar-refractivity contribution in [2.24, 2.45) is 17.3 Å². The van der Waals surface area contributed by atoms with E-state index in [9.17, 15) is 4.79 Å². The largest absolute Gasteiger partial charge is 0.342 e. The van der Waals surface area contributed by atoms with Crippen LogP contribution < -0.4 is 0 Å². The third-order valence-corrected chi connectivity index (χ3v) is 5.59. The van der Waals surface area contributed by atoms with Gasteiger partial charge in [-0.3, -0.25) is 4.79 Å². The fraction of sp³-hybridized carbons (Fsp3) is 0.833. The van der Waals surface area contributed by atoms with Gasteiger partial charge in [-0.1, -0.05) is 32.4 Å². The maximum absolute atomic E-state index is 12.8. The van der Waals surface area contributed by atoms with Crippen molar-refractivity contribution in [3.05, 3.63) is 11.6 Å². The average Bonchev–Trinajstić information content (AvgIpc) is 2.97. The first-order valence-corrected chi connectivity index (χ1v) is 8.43. The Morgan fingerprint density at radius 2 is 1.86 bits per heavy atom. The summed E-state index contributed by atoms with van der Waals surface area (Å²) in [4.78, 5) is 17.4. The van der Waals surface area contributed by atoms with Crippen LogP contribution in [0.25, 0.3) is 0 Å². The van der Waals surface area contributed by atoms with Gasteiger partial charge in [-0.15, -0.1) is 0 Å². The number of hydrogen-bond donors (Lipinski definition) is 0. The summed E-state index contributed by atoms with van der Waals surface area (Å²) in [7, 11) is 2.02. The van der Waals surface area contributed by atoms with Crippen LogP contribution >= 0.6 is 0 Å². The Balaban J connectivity index is 1.96. The first-order chi connectivity index (χ1) is 9.78. The van der Waals surface area contributed by atoms with E-state index >= 15 is 0 Å². The molecule has 1 amide bonds. The molecule has 1 heterocycles. The van der Waals surface area contributed by atoms with Crippen molar-refractivity contribution in [2.45, 2.75) is 53.5 Å². The molecule has 1 aliphatic carbocycles. The zero-order valence-corrected chi connectivity index (χ0v) is 14.6. The number of carbonyl (C=O) groups is 1. The summed E-state index contributed by atoms with van der Waals surface area (Å²) in [5.74, 6) is 0.965. The molecule has 2 unspecified atom stereocenters.